The molecule has 1 aliphatic rings. The number of hydrogen-bond donors (Lipinski definition) is 2. The van der Waals surface area contributed by atoms with Crippen LogP contribution in [0.5, 0.6) is 0 Å². The van der Waals surface area contributed by atoms with Crippen LogP contribution in [0.25, 0.3) is 0 Å². The standard InChI is InChI=1S/C17H20N4O3/c1-11(2)9-19-14(22)10-21-15(23)17(3,20-16(21)24)13-6-4-5-12(7-13)8-18/h4-7,11H,9-10H2,1-3H3,(H,19,22)(H,20,24)/t17-/m0/s1. The van der Waals surface area contributed by atoms with Crippen molar-refractivity contribution >= 4 is 17.8 Å². The molecule has 0 unspecified atom stereocenters. The highest BCUT2D eigenvalue weighted by molar-refractivity contribution is 6.09. The molecule has 0 saturated carbocycles. The Hall–Kier alpha value is -2.88. The quantitative estimate of drug-likeness (QED) is 0.790. The molecule has 1 atom stereocenters. The van der Waals surface area contributed by atoms with Crippen molar-refractivity contribution in [2.45, 2.75) is 26.3 Å². The van der Waals surface area contributed by atoms with Gasteiger partial charge in [0.2, 0.25) is 5.91 Å². The maximum atomic E-state index is 12.7. The largest absolute Gasteiger partial charge is 0.354 e. The van der Waals surface area contributed by atoms with Gasteiger partial charge in [-0.05, 0) is 30.5 Å². The third kappa shape index (κ3) is 3.38. The molecule has 1 aromatic carbocycles. The lowest BCUT2D eigenvalue weighted by atomic mass is 9.91. The van der Waals surface area contributed by atoms with Gasteiger partial charge in [-0.2, -0.15) is 5.26 Å². The Kier molecular flexibility index (Phi) is 4.88. The summed E-state index contributed by atoms with van der Waals surface area (Å²) in [7, 11) is 0. The van der Waals surface area contributed by atoms with Crippen molar-refractivity contribution in [1.29, 1.82) is 5.26 Å². The van der Waals surface area contributed by atoms with Gasteiger partial charge >= 0.3 is 6.03 Å². The fraction of sp³-hybridized carbons (Fsp3) is 0.412. The number of rotatable bonds is 5. The fourth-order valence-electron chi connectivity index (χ4n) is 2.45. The molecule has 7 nitrogen and oxygen atoms in total. The molecule has 0 aliphatic carbocycles. The van der Waals surface area contributed by atoms with E-state index < -0.39 is 17.5 Å². The van der Waals surface area contributed by atoms with Crippen LogP contribution in [0.15, 0.2) is 24.3 Å². The Morgan fingerprint density at radius 3 is 2.75 bits per heavy atom. The van der Waals surface area contributed by atoms with Crippen molar-refractivity contribution in [3.63, 3.8) is 0 Å². The first-order valence-corrected chi connectivity index (χ1v) is 7.69. The fourth-order valence-corrected chi connectivity index (χ4v) is 2.45. The summed E-state index contributed by atoms with van der Waals surface area (Å²) in [5.41, 5.74) is -0.392. The zero-order chi connectivity index (χ0) is 17.9. The van der Waals surface area contributed by atoms with Crippen molar-refractivity contribution in [1.82, 2.24) is 15.5 Å². The molecule has 1 aliphatic heterocycles. The van der Waals surface area contributed by atoms with E-state index in [2.05, 4.69) is 10.6 Å². The van der Waals surface area contributed by atoms with E-state index in [1.165, 1.54) is 0 Å². The van der Waals surface area contributed by atoms with Crippen molar-refractivity contribution in [3.05, 3.63) is 35.4 Å². The maximum absolute atomic E-state index is 12.7. The van der Waals surface area contributed by atoms with Crippen molar-refractivity contribution < 1.29 is 14.4 Å². The molecule has 0 bridgehead atoms. The molecule has 1 fully saturated rings. The van der Waals surface area contributed by atoms with Crippen molar-refractivity contribution in [2.24, 2.45) is 5.92 Å². The molecular weight excluding hydrogens is 308 g/mol. The predicted octanol–water partition coefficient (Wildman–Crippen LogP) is 1.10. The number of carbonyl (C=O) groups excluding carboxylic acids is 3. The lowest BCUT2D eigenvalue weighted by Gasteiger charge is -2.22. The van der Waals surface area contributed by atoms with E-state index in [1.807, 2.05) is 19.9 Å². The Labute approximate surface area is 140 Å². The van der Waals surface area contributed by atoms with E-state index in [9.17, 15) is 14.4 Å². The van der Waals surface area contributed by atoms with Gasteiger partial charge in [-0.15, -0.1) is 0 Å². The van der Waals surface area contributed by atoms with Crippen LogP contribution in [-0.4, -0.2) is 35.8 Å². The smallest absolute Gasteiger partial charge is 0.325 e. The minimum atomic E-state index is -1.29. The first-order valence-electron chi connectivity index (χ1n) is 7.69. The van der Waals surface area contributed by atoms with Gasteiger partial charge < -0.3 is 10.6 Å². The molecule has 2 rings (SSSR count). The predicted molar refractivity (Wildman–Crippen MR) is 86.6 cm³/mol. The second kappa shape index (κ2) is 6.71. The topological polar surface area (TPSA) is 102 Å². The number of amides is 4. The number of hydrogen-bond acceptors (Lipinski definition) is 4. The van der Waals surface area contributed by atoms with Crippen LogP contribution in [0.2, 0.25) is 0 Å². The summed E-state index contributed by atoms with van der Waals surface area (Å²) in [6.07, 6.45) is 0. The zero-order valence-corrected chi connectivity index (χ0v) is 13.9. The molecule has 24 heavy (non-hydrogen) atoms. The summed E-state index contributed by atoms with van der Waals surface area (Å²) in [5.74, 6) is -0.624. The van der Waals surface area contributed by atoms with E-state index in [4.69, 9.17) is 5.26 Å². The number of nitrogens with zero attached hydrogens (tertiary/aromatic N) is 2. The summed E-state index contributed by atoms with van der Waals surface area (Å²) in [6, 6.07) is 7.87. The Morgan fingerprint density at radius 1 is 1.42 bits per heavy atom. The van der Waals surface area contributed by atoms with Gasteiger partial charge in [0.05, 0.1) is 11.6 Å². The first-order chi connectivity index (χ1) is 11.3. The Morgan fingerprint density at radius 2 is 2.12 bits per heavy atom. The van der Waals surface area contributed by atoms with Crippen molar-refractivity contribution in [3.8, 4) is 6.07 Å². The maximum Gasteiger partial charge on any atom is 0.325 e. The lowest BCUT2D eigenvalue weighted by molar-refractivity contribution is -0.134. The molecule has 126 valence electrons. The second-order valence-corrected chi connectivity index (χ2v) is 6.34. The zero-order valence-electron chi connectivity index (χ0n) is 13.9. The van der Waals surface area contributed by atoms with E-state index in [0.29, 0.717) is 17.7 Å². The van der Waals surface area contributed by atoms with Gasteiger partial charge in [0.15, 0.2) is 0 Å². The number of benzene rings is 1. The van der Waals surface area contributed by atoms with E-state index in [0.717, 1.165) is 4.90 Å². The molecule has 7 heteroatoms. The minimum Gasteiger partial charge on any atom is -0.354 e. The van der Waals surface area contributed by atoms with Gasteiger partial charge in [-0.25, -0.2) is 4.79 Å². The average Bonchev–Trinajstić information content (AvgIpc) is 2.77. The Bertz CT molecular complexity index is 723. The molecule has 0 spiro atoms. The number of urea groups is 1. The number of imide groups is 1. The third-order valence-corrected chi connectivity index (χ3v) is 3.85. The SMILES string of the molecule is CC(C)CNC(=O)CN1C(=O)N[C@@](C)(c2cccc(C#N)c2)C1=O. The van der Waals surface area contributed by atoms with Gasteiger partial charge in [-0.1, -0.05) is 26.0 Å². The molecular formula is C17H20N4O3. The van der Waals surface area contributed by atoms with E-state index in [1.54, 1.807) is 31.2 Å². The van der Waals surface area contributed by atoms with Gasteiger partial charge in [-0.3, -0.25) is 14.5 Å². The van der Waals surface area contributed by atoms with Gasteiger partial charge in [0, 0.05) is 6.54 Å². The first kappa shape index (κ1) is 17.5. The second-order valence-electron chi connectivity index (χ2n) is 6.34. The summed E-state index contributed by atoms with van der Waals surface area (Å²) >= 11 is 0. The van der Waals surface area contributed by atoms with Gasteiger partial charge in [0.25, 0.3) is 5.91 Å². The van der Waals surface area contributed by atoms with Crippen LogP contribution in [0.1, 0.15) is 31.9 Å². The monoisotopic (exact) mass is 328 g/mol. The van der Waals surface area contributed by atoms with Crippen molar-refractivity contribution in [2.75, 3.05) is 13.1 Å². The lowest BCUT2D eigenvalue weighted by Crippen LogP contribution is -2.43. The minimum absolute atomic E-state index is 0.274. The summed E-state index contributed by atoms with van der Waals surface area (Å²) in [5, 5.41) is 14.3. The van der Waals surface area contributed by atoms with Crippen LogP contribution < -0.4 is 10.6 Å². The van der Waals surface area contributed by atoms with Crippen LogP contribution in [0, 0.1) is 17.2 Å². The highest BCUT2D eigenvalue weighted by Gasteiger charge is 2.49. The highest BCUT2D eigenvalue weighted by Crippen LogP contribution is 2.29. The van der Waals surface area contributed by atoms with E-state index >= 15 is 0 Å². The number of carbonyl (C=O) groups is 3. The van der Waals surface area contributed by atoms with Crippen LogP contribution in [-0.2, 0) is 15.1 Å². The molecule has 1 aromatic rings. The molecule has 0 radical (unpaired) electrons. The molecule has 0 aromatic heterocycles. The van der Waals surface area contributed by atoms with E-state index in [-0.39, 0.29) is 18.4 Å². The normalized spacial score (nSPS) is 20.0. The summed E-state index contributed by atoms with van der Waals surface area (Å²) in [6.45, 7) is 5.62. The highest BCUT2D eigenvalue weighted by atomic mass is 16.2. The number of nitriles is 1. The average molecular weight is 328 g/mol. The summed E-state index contributed by atoms with van der Waals surface area (Å²) < 4.78 is 0. The van der Waals surface area contributed by atoms with Crippen LogP contribution in [0.3, 0.4) is 0 Å². The van der Waals surface area contributed by atoms with Gasteiger partial charge in [0.1, 0.15) is 12.1 Å². The third-order valence-electron chi connectivity index (χ3n) is 3.85. The van der Waals surface area contributed by atoms with Crippen LogP contribution in [0.4, 0.5) is 4.79 Å². The number of nitrogens with one attached hydrogen (secondary N) is 2. The molecule has 1 saturated heterocycles. The Balaban J connectivity index is 2.18. The molecule has 2 N–H and O–H groups in total. The summed E-state index contributed by atoms with van der Waals surface area (Å²) in [4.78, 5) is 37.7. The molecule has 1 heterocycles. The molecule has 4 amide bonds. The van der Waals surface area contributed by atoms with Crippen LogP contribution >= 0.6 is 0 Å².